The molecule has 33 heavy (non-hydrogen) atoms. The molecule has 0 atom stereocenters. The average Bonchev–Trinajstić information content (AvgIpc) is 3.32. The summed E-state index contributed by atoms with van der Waals surface area (Å²) >= 11 is 0. The second-order valence-corrected chi connectivity index (χ2v) is 8.55. The Kier molecular flexibility index (Phi) is 7.44. The van der Waals surface area contributed by atoms with Crippen LogP contribution >= 0.6 is 0 Å². The van der Waals surface area contributed by atoms with Crippen LogP contribution < -0.4 is 5.32 Å². The molecule has 2 amide bonds. The van der Waals surface area contributed by atoms with Crippen molar-refractivity contribution in [2.75, 3.05) is 19.6 Å². The van der Waals surface area contributed by atoms with E-state index in [4.69, 9.17) is 0 Å². The van der Waals surface area contributed by atoms with Crippen molar-refractivity contribution < 1.29 is 18.4 Å². The van der Waals surface area contributed by atoms with Gasteiger partial charge in [0.1, 0.15) is 0 Å². The van der Waals surface area contributed by atoms with E-state index in [1.165, 1.54) is 11.1 Å². The molecule has 0 aliphatic carbocycles. The highest BCUT2D eigenvalue weighted by molar-refractivity contribution is 6.02. The van der Waals surface area contributed by atoms with Crippen LogP contribution in [0, 0.1) is 11.6 Å². The predicted octanol–water partition coefficient (Wildman–Crippen LogP) is 3.46. The molecule has 0 aromatic heterocycles. The van der Waals surface area contributed by atoms with Crippen molar-refractivity contribution in [3.63, 3.8) is 0 Å². The van der Waals surface area contributed by atoms with Gasteiger partial charge in [0.25, 0.3) is 0 Å². The Morgan fingerprint density at radius 2 is 1.73 bits per heavy atom. The minimum absolute atomic E-state index is 0.0586. The monoisotopic (exact) mass is 454 g/mol. The number of nitrogens with one attached hydrogen (secondary N) is 1. The predicted molar refractivity (Wildman–Crippen MR) is 121 cm³/mol. The summed E-state index contributed by atoms with van der Waals surface area (Å²) in [6.07, 6.45) is 2.54. The smallest absolute Gasteiger partial charge is 0.243 e. The molecule has 2 aromatic carbocycles. The van der Waals surface area contributed by atoms with Crippen molar-refractivity contribution in [1.29, 1.82) is 0 Å². The van der Waals surface area contributed by atoms with Crippen molar-refractivity contribution in [3.05, 3.63) is 71.3 Å². The molecule has 0 radical (unpaired) electrons. The first-order chi connectivity index (χ1) is 16.0. The van der Waals surface area contributed by atoms with E-state index in [9.17, 15) is 18.4 Å². The number of carbonyl (C=O) groups is 2. The lowest BCUT2D eigenvalue weighted by molar-refractivity contribution is -0.133. The van der Waals surface area contributed by atoms with Gasteiger partial charge in [-0.25, -0.2) is 13.8 Å². The fourth-order valence-corrected chi connectivity index (χ4v) is 4.25. The summed E-state index contributed by atoms with van der Waals surface area (Å²) in [5.41, 5.74) is 2.64. The van der Waals surface area contributed by atoms with Crippen molar-refractivity contribution in [2.45, 2.75) is 44.7 Å². The number of nitrogens with zero attached hydrogens (tertiary/aromatic N) is 3. The van der Waals surface area contributed by atoms with E-state index < -0.39 is 11.6 Å². The number of amides is 2. The van der Waals surface area contributed by atoms with E-state index >= 15 is 0 Å². The lowest BCUT2D eigenvalue weighted by Gasteiger charge is -2.32. The topological polar surface area (TPSA) is 65.0 Å². The molecule has 4 rings (SSSR count). The lowest BCUT2D eigenvalue weighted by Crippen LogP contribution is -2.44. The summed E-state index contributed by atoms with van der Waals surface area (Å²) < 4.78 is 26.5. The Labute approximate surface area is 192 Å². The molecule has 2 aliphatic heterocycles. The summed E-state index contributed by atoms with van der Waals surface area (Å²) in [4.78, 5) is 27.0. The quantitative estimate of drug-likeness (QED) is 0.697. The van der Waals surface area contributed by atoms with Crippen molar-refractivity contribution in [3.8, 4) is 0 Å². The summed E-state index contributed by atoms with van der Waals surface area (Å²) in [7, 11) is 0. The Morgan fingerprint density at radius 1 is 0.970 bits per heavy atom. The maximum atomic E-state index is 13.4. The first-order valence-corrected chi connectivity index (χ1v) is 11.4. The third-order valence-corrected chi connectivity index (χ3v) is 6.11. The van der Waals surface area contributed by atoms with E-state index in [1.807, 2.05) is 30.3 Å². The van der Waals surface area contributed by atoms with Crippen LogP contribution in [0.1, 0.15) is 43.2 Å². The first kappa shape index (κ1) is 23.0. The molecule has 8 heteroatoms. The summed E-state index contributed by atoms with van der Waals surface area (Å²) in [6.45, 7) is 2.61. The number of piperidine rings is 1. The second kappa shape index (κ2) is 10.7. The number of hydrogen-bond acceptors (Lipinski definition) is 4. The van der Waals surface area contributed by atoms with Gasteiger partial charge in [0.05, 0.1) is 12.3 Å². The molecule has 2 aliphatic rings. The largest absolute Gasteiger partial charge is 0.353 e. The van der Waals surface area contributed by atoms with E-state index in [0.29, 0.717) is 19.5 Å². The molecule has 1 fully saturated rings. The fourth-order valence-electron chi connectivity index (χ4n) is 4.25. The molecular weight excluding hydrogens is 426 g/mol. The summed E-state index contributed by atoms with van der Waals surface area (Å²) in [5, 5.41) is 8.91. The Hall–Kier alpha value is -3.13. The number of likely N-dealkylation sites (tertiary alicyclic amines) is 1. The highest BCUT2D eigenvalue weighted by Crippen LogP contribution is 2.17. The van der Waals surface area contributed by atoms with Crippen molar-refractivity contribution in [2.24, 2.45) is 5.10 Å². The third-order valence-electron chi connectivity index (χ3n) is 6.11. The van der Waals surface area contributed by atoms with Crippen LogP contribution in [0.3, 0.4) is 0 Å². The van der Waals surface area contributed by atoms with E-state index in [0.717, 1.165) is 48.8 Å². The highest BCUT2D eigenvalue weighted by atomic mass is 19.2. The van der Waals surface area contributed by atoms with Gasteiger partial charge in [-0.2, -0.15) is 5.10 Å². The number of hydrogen-bond donors (Lipinski definition) is 1. The number of carbonyl (C=O) groups excluding carboxylic acids is 2. The van der Waals surface area contributed by atoms with Crippen LogP contribution in [0.25, 0.3) is 0 Å². The van der Waals surface area contributed by atoms with Crippen LogP contribution in [0.4, 0.5) is 8.78 Å². The van der Waals surface area contributed by atoms with Crippen LogP contribution in [0.2, 0.25) is 0 Å². The van der Waals surface area contributed by atoms with Gasteiger partial charge in [-0.1, -0.05) is 36.4 Å². The summed E-state index contributed by atoms with van der Waals surface area (Å²) in [5.74, 6) is -1.95. The molecule has 0 spiro atoms. The number of benzene rings is 2. The standard InChI is InChI=1S/C25H28F2N4O2/c26-21-7-6-18(16-22(21)27)17-30-13-10-20(11-14-30)28-24(32)8-9-25(33)31-15-12-23(29-31)19-4-2-1-3-5-19/h1-7,16,20H,8-15,17H2,(H,28,32). The van der Waals surface area contributed by atoms with Gasteiger partial charge in [0.2, 0.25) is 11.8 Å². The average molecular weight is 455 g/mol. The zero-order valence-electron chi connectivity index (χ0n) is 18.5. The molecular formula is C25H28F2N4O2. The van der Waals surface area contributed by atoms with Gasteiger partial charge in [-0.3, -0.25) is 14.5 Å². The SMILES string of the molecule is O=C(CCC(=O)N1CCC(c2ccccc2)=N1)NC1CCN(Cc2ccc(F)c(F)c2)CC1. The maximum Gasteiger partial charge on any atom is 0.243 e. The molecule has 2 aromatic rings. The molecule has 1 saturated heterocycles. The van der Waals surface area contributed by atoms with Gasteiger partial charge < -0.3 is 5.32 Å². The van der Waals surface area contributed by atoms with Gasteiger partial charge in [0.15, 0.2) is 11.6 Å². The van der Waals surface area contributed by atoms with Crippen LogP contribution in [0.15, 0.2) is 53.6 Å². The van der Waals surface area contributed by atoms with E-state index in [1.54, 1.807) is 6.07 Å². The number of rotatable bonds is 7. The van der Waals surface area contributed by atoms with Crippen molar-refractivity contribution in [1.82, 2.24) is 15.2 Å². The molecule has 6 nitrogen and oxygen atoms in total. The molecule has 0 bridgehead atoms. The van der Waals surface area contributed by atoms with Crippen LogP contribution in [-0.2, 0) is 16.1 Å². The molecule has 0 saturated carbocycles. The zero-order valence-corrected chi connectivity index (χ0v) is 18.5. The Morgan fingerprint density at radius 3 is 2.45 bits per heavy atom. The van der Waals surface area contributed by atoms with Gasteiger partial charge in [-0.15, -0.1) is 0 Å². The Bertz CT molecular complexity index is 1020. The Balaban J connectivity index is 1.17. The normalized spacial score (nSPS) is 17.2. The molecule has 174 valence electrons. The second-order valence-electron chi connectivity index (χ2n) is 8.55. The number of hydrazone groups is 1. The summed E-state index contributed by atoms with van der Waals surface area (Å²) in [6, 6.07) is 13.8. The van der Waals surface area contributed by atoms with Gasteiger partial charge in [0, 0.05) is 44.9 Å². The van der Waals surface area contributed by atoms with Crippen LogP contribution in [-0.4, -0.2) is 53.1 Å². The minimum Gasteiger partial charge on any atom is -0.353 e. The lowest BCUT2D eigenvalue weighted by atomic mass is 10.0. The molecule has 2 heterocycles. The van der Waals surface area contributed by atoms with Crippen LogP contribution in [0.5, 0.6) is 0 Å². The fraction of sp³-hybridized carbons (Fsp3) is 0.400. The first-order valence-electron chi connectivity index (χ1n) is 11.4. The zero-order chi connectivity index (χ0) is 23.2. The van der Waals surface area contributed by atoms with E-state index in [2.05, 4.69) is 15.3 Å². The van der Waals surface area contributed by atoms with Gasteiger partial charge in [-0.05, 0) is 36.1 Å². The van der Waals surface area contributed by atoms with Gasteiger partial charge >= 0.3 is 0 Å². The van der Waals surface area contributed by atoms with Crippen molar-refractivity contribution >= 4 is 17.5 Å². The maximum absolute atomic E-state index is 13.4. The minimum atomic E-state index is -0.841. The number of halogens is 2. The van der Waals surface area contributed by atoms with E-state index in [-0.39, 0.29) is 30.7 Å². The molecule has 1 N–H and O–H groups in total. The third kappa shape index (κ3) is 6.22. The highest BCUT2D eigenvalue weighted by Gasteiger charge is 2.24. The molecule has 0 unspecified atom stereocenters.